The first-order chi connectivity index (χ1) is 13.3. The van der Waals surface area contributed by atoms with Gasteiger partial charge in [0.25, 0.3) is 5.91 Å². The Kier molecular flexibility index (Phi) is 7.86. The van der Waals surface area contributed by atoms with Crippen molar-refractivity contribution < 1.29 is 27.5 Å². The fraction of sp³-hybridized carbons (Fsp3) is 0.263. The van der Waals surface area contributed by atoms with Crippen molar-refractivity contribution in [3.8, 4) is 5.75 Å². The number of carbonyl (C=O) groups excluding carboxylic acids is 2. The first kappa shape index (κ1) is 21.7. The summed E-state index contributed by atoms with van der Waals surface area (Å²) in [5.41, 5.74) is -0.502. The minimum atomic E-state index is -1.68. The number of hydrogen-bond acceptors (Lipinski definition) is 3. The zero-order chi connectivity index (χ0) is 20.7. The number of benzene rings is 2. The number of anilines is 1. The van der Waals surface area contributed by atoms with Gasteiger partial charge in [0, 0.05) is 11.0 Å². The smallest absolute Gasteiger partial charge is 0.260 e. The molecule has 9 heteroatoms. The van der Waals surface area contributed by atoms with Crippen LogP contribution in [0.15, 0.2) is 40.9 Å². The molecule has 150 valence electrons. The standard InChI is InChI=1S/C19H18BrF3N2O3/c1-2-8-25(17(27)11-28-13-5-3-4-12(20)9-13)10-16(26)24-15-7-6-14(21)18(22)19(15)23/h3-7,9H,2,8,10-11H2,1H3,(H,24,26). The Balaban J connectivity index is 1.98. The number of nitrogens with one attached hydrogen (secondary N) is 1. The highest BCUT2D eigenvalue weighted by Crippen LogP contribution is 2.20. The van der Waals surface area contributed by atoms with Gasteiger partial charge < -0.3 is 15.0 Å². The predicted molar refractivity (Wildman–Crippen MR) is 101 cm³/mol. The lowest BCUT2D eigenvalue weighted by Crippen LogP contribution is -2.41. The van der Waals surface area contributed by atoms with Crippen LogP contribution in [0.1, 0.15) is 13.3 Å². The predicted octanol–water partition coefficient (Wildman–Crippen LogP) is 4.12. The summed E-state index contributed by atoms with van der Waals surface area (Å²) in [7, 11) is 0. The number of rotatable bonds is 8. The number of nitrogens with zero attached hydrogens (tertiary/aromatic N) is 1. The largest absolute Gasteiger partial charge is 0.484 e. The van der Waals surface area contributed by atoms with E-state index in [1.165, 1.54) is 4.90 Å². The van der Waals surface area contributed by atoms with Gasteiger partial charge in [-0.2, -0.15) is 0 Å². The summed E-state index contributed by atoms with van der Waals surface area (Å²) in [4.78, 5) is 25.7. The molecule has 0 saturated carbocycles. The average molecular weight is 459 g/mol. The van der Waals surface area contributed by atoms with Crippen molar-refractivity contribution in [1.29, 1.82) is 0 Å². The molecule has 0 aromatic heterocycles. The second-order valence-corrected chi connectivity index (χ2v) is 6.75. The summed E-state index contributed by atoms with van der Waals surface area (Å²) < 4.78 is 46.1. The molecular formula is C19H18BrF3N2O3. The molecule has 0 atom stereocenters. The van der Waals surface area contributed by atoms with Gasteiger partial charge in [0.05, 0.1) is 12.2 Å². The minimum Gasteiger partial charge on any atom is -0.484 e. The van der Waals surface area contributed by atoms with Crippen LogP contribution in [-0.4, -0.2) is 36.4 Å². The molecule has 0 bridgehead atoms. The monoisotopic (exact) mass is 458 g/mol. The Morgan fingerprint density at radius 2 is 1.89 bits per heavy atom. The van der Waals surface area contributed by atoms with Crippen molar-refractivity contribution in [2.45, 2.75) is 13.3 Å². The van der Waals surface area contributed by atoms with Gasteiger partial charge in [0.2, 0.25) is 5.91 Å². The van der Waals surface area contributed by atoms with E-state index >= 15 is 0 Å². The van der Waals surface area contributed by atoms with Gasteiger partial charge in [-0.3, -0.25) is 9.59 Å². The van der Waals surface area contributed by atoms with E-state index in [0.717, 1.165) is 10.5 Å². The van der Waals surface area contributed by atoms with Gasteiger partial charge in [0.15, 0.2) is 24.1 Å². The third-order valence-corrected chi connectivity index (χ3v) is 4.14. The van der Waals surface area contributed by atoms with Crippen molar-refractivity contribution in [2.24, 2.45) is 0 Å². The summed E-state index contributed by atoms with van der Waals surface area (Å²) in [5, 5.41) is 2.14. The van der Waals surface area contributed by atoms with Crippen LogP contribution in [0.4, 0.5) is 18.9 Å². The Hall–Kier alpha value is -2.55. The molecule has 1 N–H and O–H groups in total. The molecule has 0 saturated heterocycles. The molecule has 0 spiro atoms. The number of ether oxygens (including phenoxy) is 1. The zero-order valence-corrected chi connectivity index (χ0v) is 16.6. The Labute approximate surface area is 168 Å². The van der Waals surface area contributed by atoms with E-state index in [4.69, 9.17) is 4.74 Å². The molecule has 2 aromatic rings. The van der Waals surface area contributed by atoms with Crippen molar-refractivity contribution >= 4 is 33.4 Å². The van der Waals surface area contributed by atoms with Crippen LogP contribution in [0.3, 0.4) is 0 Å². The fourth-order valence-electron chi connectivity index (χ4n) is 2.34. The van der Waals surface area contributed by atoms with E-state index in [0.29, 0.717) is 18.2 Å². The van der Waals surface area contributed by atoms with Gasteiger partial charge in [-0.25, -0.2) is 13.2 Å². The van der Waals surface area contributed by atoms with Crippen LogP contribution in [0.5, 0.6) is 5.75 Å². The third kappa shape index (κ3) is 5.98. The van der Waals surface area contributed by atoms with E-state index < -0.39 is 35.0 Å². The number of hydrogen-bond donors (Lipinski definition) is 1. The summed E-state index contributed by atoms with van der Waals surface area (Å²) in [6, 6.07) is 8.54. The highest BCUT2D eigenvalue weighted by molar-refractivity contribution is 9.10. The molecule has 0 aliphatic rings. The minimum absolute atomic E-state index is 0.272. The summed E-state index contributed by atoms with van der Waals surface area (Å²) in [6.07, 6.45) is 0.579. The maximum atomic E-state index is 13.7. The lowest BCUT2D eigenvalue weighted by Gasteiger charge is -2.22. The van der Waals surface area contributed by atoms with E-state index in [-0.39, 0.29) is 19.7 Å². The summed E-state index contributed by atoms with van der Waals surface area (Å²) >= 11 is 3.29. The molecule has 28 heavy (non-hydrogen) atoms. The van der Waals surface area contributed by atoms with Gasteiger partial charge in [-0.05, 0) is 36.8 Å². The molecule has 0 fully saturated rings. The fourth-order valence-corrected chi connectivity index (χ4v) is 2.72. The van der Waals surface area contributed by atoms with Gasteiger partial charge in [-0.1, -0.05) is 28.9 Å². The van der Waals surface area contributed by atoms with Crippen LogP contribution in [0.25, 0.3) is 0 Å². The van der Waals surface area contributed by atoms with Crippen LogP contribution >= 0.6 is 15.9 Å². The van der Waals surface area contributed by atoms with E-state index in [1.807, 2.05) is 6.92 Å². The Morgan fingerprint density at radius 3 is 2.57 bits per heavy atom. The van der Waals surface area contributed by atoms with Crippen LogP contribution in [-0.2, 0) is 9.59 Å². The Bertz CT molecular complexity index is 864. The van der Waals surface area contributed by atoms with Gasteiger partial charge in [-0.15, -0.1) is 0 Å². The lowest BCUT2D eigenvalue weighted by molar-refractivity contribution is -0.136. The maximum Gasteiger partial charge on any atom is 0.260 e. The molecule has 0 unspecified atom stereocenters. The first-order valence-corrected chi connectivity index (χ1v) is 9.20. The second-order valence-electron chi connectivity index (χ2n) is 5.83. The second kappa shape index (κ2) is 10.1. The maximum absolute atomic E-state index is 13.7. The lowest BCUT2D eigenvalue weighted by atomic mass is 10.2. The topological polar surface area (TPSA) is 58.6 Å². The molecule has 5 nitrogen and oxygen atoms in total. The molecule has 0 heterocycles. The molecule has 2 aromatic carbocycles. The SMILES string of the molecule is CCCN(CC(=O)Nc1ccc(F)c(F)c1F)C(=O)COc1cccc(Br)c1. The van der Waals surface area contributed by atoms with Crippen LogP contribution < -0.4 is 10.1 Å². The van der Waals surface area contributed by atoms with Crippen LogP contribution in [0.2, 0.25) is 0 Å². The summed E-state index contributed by atoms with van der Waals surface area (Å²) in [6.45, 7) is 1.42. The number of carbonyl (C=O) groups is 2. The summed E-state index contributed by atoms with van der Waals surface area (Å²) in [5.74, 6) is -5.24. The number of amides is 2. The van der Waals surface area contributed by atoms with E-state index in [9.17, 15) is 22.8 Å². The van der Waals surface area contributed by atoms with Crippen molar-refractivity contribution in [1.82, 2.24) is 4.90 Å². The Morgan fingerprint density at radius 1 is 1.14 bits per heavy atom. The third-order valence-electron chi connectivity index (χ3n) is 3.65. The van der Waals surface area contributed by atoms with Crippen molar-refractivity contribution in [3.63, 3.8) is 0 Å². The first-order valence-electron chi connectivity index (χ1n) is 8.41. The normalized spacial score (nSPS) is 10.5. The number of halogens is 4. The van der Waals surface area contributed by atoms with E-state index in [2.05, 4.69) is 21.2 Å². The molecule has 2 rings (SSSR count). The van der Waals surface area contributed by atoms with Gasteiger partial charge in [0.1, 0.15) is 5.75 Å². The molecule has 0 radical (unpaired) electrons. The zero-order valence-electron chi connectivity index (χ0n) is 15.0. The molecular weight excluding hydrogens is 441 g/mol. The van der Waals surface area contributed by atoms with Crippen molar-refractivity contribution in [2.75, 3.05) is 25.0 Å². The highest BCUT2D eigenvalue weighted by Gasteiger charge is 2.20. The quantitative estimate of drug-likeness (QED) is 0.605. The van der Waals surface area contributed by atoms with Gasteiger partial charge >= 0.3 is 0 Å². The van der Waals surface area contributed by atoms with E-state index in [1.54, 1.807) is 24.3 Å². The molecule has 0 aliphatic heterocycles. The van der Waals surface area contributed by atoms with Crippen molar-refractivity contribution in [3.05, 3.63) is 58.3 Å². The molecule has 0 aliphatic carbocycles. The highest BCUT2D eigenvalue weighted by atomic mass is 79.9. The molecule has 2 amide bonds. The van der Waals surface area contributed by atoms with Crippen LogP contribution in [0, 0.1) is 17.5 Å². The average Bonchev–Trinajstić information content (AvgIpc) is 2.66.